The quantitative estimate of drug-likeness (QED) is 0.857. The maximum Gasteiger partial charge on any atom is 0.228 e. The normalized spacial score (nSPS) is 29.2. The number of rotatable bonds is 1. The summed E-state index contributed by atoms with van der Waals surface area (Å²) in [5.74, 6) is 0.416. The van der Waals surface area contributed by atoms with Gasteiger partial charge in [-0.3, -0.25) is 4.79 Å². The Labute approximate surface area is 127 Å². The third-order valence-corrected chi connectivity index (χ3v) is 5.10. The largest absolute Gasteiger partial charge is 0.382 e. The fraction of sp³-hybridized carbons (Fsp3) is 0.611. The second-order valence-electron chi connectivity index (χ2n) is 6.63. The number of fused-ring (bicyclic) bond motifs is 1. The molecule has 1 aromatic rings. The van der Waals surface area contributed by atoms with Gasteiger partial charge in [0, 0.05) is 24.3 Å². The van der Waals surface area contributed by atoms with Crippen molar-refractivity contribution in [3.05, 3.63) is 29.8 Å². The molecule has 3 atom stereocenters. The summed E-state index contributed by atoms with van der Waals surface area (Å²) in [6, 6.07) is 8.97. The van der Waals surface area contributed by atoms with E-state index in [1.165, 1.54) is 24.1 Å². The maximum absolute atomic E-state index is 13.0. The van der Waals surface area contributed by atoms with Gasteiger partial charge in [0.05, 0.1) is 5.92 Å². The Morgan fingerprint density at radius 1 is 1.19 bits per heavy atom. The van der Waals surface area contributed by atoms with Gasteiger partial charge < -0.3 is 10.2 Å². The molecule has 1 amide bonds. The molecule has 1 fully saturated rings. The molecule has 2 aliphatic rings. The number of carbonyl (C=O) groups is 1. The molecule has 114 valence electrons. The Hall–Kier alpha value is -1.51. The Morgan fingerprint density at radius 3 is 2.86 bits per heavy atom. The average Bonchev–Trinajstić information content (AvgIpc) is 2.70. The molecule has 0 radical (unpaired) electrons. The van der Waals surface area contributed by atoms with Crippen LogP contribution in [0, 0.1) is 5.92 Å². The molecule has 2 aliphatic heterocycles. The number of benzene rings is 1. The van der Waals surface area contributed by atoms with E-state index in [1.807, 2.05) is 0 Å². The molecule has 0 saturated carbocycles. The predicted octanol–water partition coefficient (Wildman–Crippen LogP) is 3.45. The Bertz CT molecular complexity index is 514. The number of nitrogens with zero attached hydrogens (tertiary/aromatic N) is 1. The van der Waals surface area contributed by atoms with E-state index < -0.39 is 0 Å². The zero-order chi connectivity index (χ0) is 14.8. The lowest BCUT2D eigenvalue weighted by Crippen LogP contribution is -2.48. The summed E-state index contributed by atoms with van der Waals surface area (Å²) in [4.78, 5) is 15.2. The van der Waals surface area contributed by atoms with Crippen molar-refractivity contribution in [1.82, 2.24) is 4.90 Å². The number of likely N-dealkylation sites (tertiary alicyclic amines) is 1. The van der Waals surface area contributed by atoms with Crippen molar-refractivity contribution >= 4 is 11.6 Å². The Kier molecular flexibility index (Phi) is 4.18. The lowest BCUT2D eigenvalue weighted by molar-refractivity contribution is -0.138. The Morgan fingerprint density at radius 2 is 2.00 bits per heavy atom. The van der Waals surface area contributed by atoms with Crippen molar-refractivity contribution in [2.45, 2.75) is 58.0 Å². The van der Waals surface area contributed by atoms with E-state index in [-0.39, 0.29) is 12.0 Å². The van der Waals surface area contributed by atoms with Gasteiger partial charge in [0.15, 0.2) is 0 Å². The number of nitrogens with one attached hydrogen (secondary N) is 1. The van der Waals surface area contributed by atoms with E-state index in [4.69, 9.17) is 0 Å². The number of amides is 1. The van der Waals surface area contributed by atoms with Gasteiger partial charge in [-0.25, -0.2) is 0 Å². The highest BCUT2D eigenvalue weighted by Crippen LogP contribution is 2.30. The van der Waals surface area contributed by atoms with Gasteiger partial charge in [0.25, 0.3) is 0 Å². The monoisotopic (exact) mass is 286 g/mol. The molecule has 0 bridgehead atoms. The second-order valence-corrected chi connectivity index (χ2v) is 6.63. The third kappa shape index (κ3) is 2.92. The van der Waals surface area contributed by atoms with E-state index in [1.54, 1.807) is 0 Å². The predicted molar refractivity (Wildman–Crippen MR) is 86.4 cm³/mol. The number of carbonyl (C=O) groups excluding carboxylic acids is 1. The third-order valence-electron chi connectivity index (χ3n) is 5.10. The first-order valence-electron chi connectivity index (χ1n) is 8.31. The van der Waals surface area contributed by atoms with E-state index in [2.05, 4.69) is 48.3 Å². The summed E-state index contributed by atoms with van der Waals surface area (Å²) in [5.41, 5.74) is 2.47. The van der Waals surface area contributed by atoms with Crippen LogP contribution in [0.2, 0.25) is 0 Å². The smallest absolute Gasteiger partial charge is 0.228 e. The summed E-state index contributed by atoms with van der Waals surface area (Å²) in [7, 11) is 0. The molecular weight excluding hydrogens is 260 g/mol. The minimum atomic E-state index is 0.0699. The SMILES string of the molecule is CC1Nc2ccccc2CC1C(=O)N1CCCCCC1C. The van der Waals surface area contributed by atoms with Crippen molar-refractivity contribution in [1.29, 1.82) is 0 Å². The summed E-state index contributed by atoms with van der Waals surface area (Å²) in [6.45, 7) is 5.28. The van der Waals surface area contributed by atoms with Gasteiger partial charge in [0.1, 0.15) is 0 Å². The average molecular weight is 286 g/mol. The van der Waals surface area contributed by atoms with Gasteiger partial charge in [-0.05, 0) is 44.7 Å². The molecule has 1 saturated heterocycles. The van der Waals surface area contributed by atoms with Crippen LogP contribution in [0.15, 0.2) is 24.3 Å². The first-order valence-corrected chi connectivity index (χ1v) is 8.31. The van der Waals surface area contributed by atoms with Gasteiger partial charge in [0.2, 0.25) is 5.91 Å². The van der Waals surface area contributed by atoms with Crippen molar-refractivity contribution in [2.24, 2.45) is 5.92 Å². The molecule has 0 spiro atoms. The first-order chi connectivity index (χ1) is 10.2. The number of anilines is 1. The highest BCUT2D eigenvalue weighted by molar-refractivity contribution is 5.82. The van der Waals surface area contributed by atoms with Gasteiger partial charge in [-0.2, -0.15) is 0 Å². The van der Waals surface area contributed by atoms with Gasteiger partial charge in [-0.1, -0.05) is 31.0 Å². The summed E-state index contributed by atoms with van der Waals surface area (Å²) < 4.78 is 0. The molecule has 3 unspecified atom stereocenters. The number of para-hydroxylation sites is 1. The molecule has 21 heavy (non-hydrogen) atoms. The van der Waals surface area contributed by atoms with Crippen molar-refractivity contribution in [3.8, 4) is 0 Å². The van der Waals surface area contributed by atoms with Crippen LogP contribution in [0.5, 0.6) is 0 Å². The summed E-state index contributed by atoms with van der Waals surface area (Å²) in [5, 5.41) is 3.51. The topological polar surface area (TPSA) is 32.3 Å². The molecule has 3 heteroatoms. The van der Waals surface area contributed by atoms with Crippen molar-refractivity contribution in [3.63, 3.8) is 0 Å². The number of hydrogen-bond acceptors (Lipinski definition) is 2. The van der Waals surface area contributed by atoms with Crippen LogP contribution in [0.4, 0.5) is 5.69 Å². The van der Waals surface area contributed by atoms with Crippen LogP contribution in [0.1, 0.15) is 45.1 Å². The van der Waals surface area contributed by atoms with Crippen LogP contribution in [0.3, 0.4) is 0 Å². The van der Waals surface area contributed by atoms with Crippen LogP contribution >= 0.6 is 0 Å². The van der Waals surface area contributed by atoms with E-state index in [0.717, 1.165) is 25.8 Å². The molecule has 1 aromatic carbocycles. The zero-order valence-corrected chi connectivity index (χ0v) is 13.1. The van der Waals surface area contributed by atoms with Crippen LogP contribution in [0.25, 0.3) is 0 Å². The van der Waals surface area contributed by atoms with E-state index in [0.29, 0.717) is 11.9 Å². The highest BCUT2D eigenvalue weighted by Gasteiger charge is 2.35. The van der Waals surface area contributed by atoms with Crippen molar-refractivity contribution in [2.75, 3.05) is 11.9 Å². The molecule has 0 aromatic heterocycles. The van der Waals surface area contributed by atoms with Crippen LogP contribution < -0.4 is 5.32 Å². The fourth-order valence-corrected chi connectivity index (χ4v) is 3.72. The highest BCUT2D eigenvalue weighted by atomic mass is 16.2. The molecule has 2 heterocycles. The fourth-order valence-electron chi connectivity index (χ4n) is 3.72. The molecule has 3 nitrogen and oxygen atoms in total. The maximum atomic E-state index is 13.0. The van der Waals surface area contributed by atoms with Gasteiger partial charge >= 0.3 is 0 Å². The lowest BCUT2D eigenvalue weighted by atomic mass is 9.86. The standard InChI is InChI=1S/C18H26N2O/c1-13-8-4-3-7-11-20(13)18(21)16-12-15-9-5-6-10-17(15)19-14(16)2/h5-6,9-10,13-14,16,19H,3-4,7-8,11-12H2,1-2H3. The van der Waals surface area contributed by atoms with Crippen molar-refractivity contribution < 1.29 is 4.79 Å². The second kappa shape index (κ2) is 6.08. The zero-order valence-electron chi connectivity index (χ0n) is 13.1. The number of hydrogen-bond donors (Lipinski definition) is 1. The Balaban J connectivity index is 1.78. The van der Waals surface area contributed by atoms with Crippen LogP contribution in [-0.4, -0.2) is 29.4 Å². The van der Waals surface area contributed by atoms with E-state index in [9.17, 15) is 4.79 Å². The molecule has 1 N–H and O–H groups in total. The van der Waals surface area contributed by atoms with Gasteiger partial charge in [-0.15, -0.1) is 0 Å². The van der Waals surface area contributed by atoms with Crippen LogP contribution in [-0.2, 0) is 11.2 Å². The lowest BCUT2D eigenvalue weighted by Gasteiger charge is -2.37. The molecule has 3 rings (SSSR count). The minimum Gasteiger partial charge on any atom is -0.382 e. The molecular formula is C18H26N2O. The minimum absolute atomic E-state index is 0.0699. The summed E-state index contributed by atoms with van der Waals surface area (Å²) in [6.07, 6.45) is 5.69. The molecule has 0 aliphatic carbocycles. The summed E-state index contributed by atoms with van der Waals surface area (Å²) >= 11 is 0. The first kappa shape index (κ1) is 14.4. The van der Waals surface area contributed by atoms with E-state index >= 15 is 0 Å².